The third-order valence-corrected chi connectivity index (χ3v) is 8.93. The van der Waals surface area contributed by atoms with E-state index in [0.29, 0.717) is 44.0 Å². The highest BCUT2D eigenvalue weighted by molar-refractivity contribution is 7.89. The van der Waals surface area contributed by atoms with Gasteiger partial charge in [0.2, 0.25) is 10.0 Å². The number of rotatable bonds is 16. The molecule has 0 bridgehead atoms. The maximum Gasteiger partial charge on any atom is 0.300 e. The molecule has 4 rings (SSSR count). The summed E-state index contributed by atoms with van der Waals surface area (Å²) in [5.74, 6) is -0.0841. The lowest BCUT2D eigenvalue weighted by molar-refractivity contribution is -0.134. The number of carboxylic acids is 1. The van der Waals surface area contributed by atoms with Crippen LogP contribution in [0.5, 0.6) is 11.5 Å². The first-order chi connectivity index (χ1) is 22.1. The predicted octanol–water partition coefficient (Wildman–Crippen LogP) is 4.05. The summed E-state index contributed by atoms with van der Waals surface area (Å²) in [7, 11) is -3.54. The van der Waals surface area contributed by atoms with Crippen molar-refractivity contribution in [3.8, 4) is 11.5 Å². The van der Waals surface area contributed by atoms with E-state index in [1.54, 1.807) is 30.3 Å². The summed E-state index contributed by atoms with van der Waals surface area (Å²) >= 11 is 0. The van der Waals surface area contributed by atoms with E-state index in [0.717, 1.165) is 55.9 Å². The van der Waals surface area contributed by atoms with Gasteiger partial charge in [0.1, 0.15) is 18.1 Å². The van der Waals surface area contributed by atoms with E-state index in [1.165, 1.54) is 12.5 Å². The van der Waals surface area contributed by atoms with Gasteiger partial charge < -0.3 is 35.2 Å². The third-order valence-electron chi connectivity index (χ3n) is 7.41. The molecule has 0 spiro atoms. The summed E-state index contributed by atoms with van der Waals surface area (Å²) in [6.45, 7) is 2.87. The van der Waals surface area contributed by atoms with Gasteiger partial charge in [-0.3, -0.25) is 4.79 Å². The maximum absolute atomic E-state index is 12.8. The van der Waals surface area contributed by atoms with Crippen molar-refractivity contribution in [2.75, 3.05) is 26.3 Å². The first-order valence-corrected chi connectivity index (χ1v) is 17.0. The monoisotopic (exact) mass is 658 g/mol. The second-order valence-corrected chi connectivity index (χ2v) is 12.9. The third kappa shape index (κ3) is 13.1. The minimum absolute atomic E-state index is 0.0135. The van der Waals surface area contributed by atoms with Gasteiger partial charge in [-0.15, -0.1) is 0 Å². The normalized spacial score (nSPS) is 14.2. The van der Waals surface area contributed by atoms with Crippen LogP contribution in [0.3, 0.4) is 0 Å². The Hall–Kier alpha value is -3.52. The number of aliphatic hydroxyl groups is 2. The molecule has 3 aromatic carbocycles. The number of carboxylic acid groups (broad SMARTS) is 1. The molecule has 1 aliphatic rings. The van der Waals surface area contributed by atoms with Gasteiger partial charge in [-0.05, 0) is 78.9 Å². The molecule has 46 heavy (non-hydrogen) atoms. The first-order valence-electron chi connectivity index (χ1n) is 15.5. The Morgan fingerprint density at radius 1 is 0.978 bits per heavy atom. The largest absolute Gasteiger partial charge is 0.508 e. The van der Waals surface area contributed by atoms with E-state index in [2.05, 4.69) is 10.0 Å². The van der Waals surface area contributed by atoms with Crippen molar-refractivity contribution in [2.45, 2.75) is 75.7 Å². The quantitative estimate of drug-likeness (QED) is 0.123. The Balaban J connectivity index is 0.00000136. The second-order valence-electron chi connectivity index (χ2n) is 11.2. The highest BCUT2D eigenvalue weighted by Crippen LogP contribution is 2.23. The first kappa shape index (κ1) is 36.9. The lowest BCUT2D eigenvalue weighted by Gasteiger charge is -2.22. The molecule has 0 saturated heterocycles. The van der Waals surface area contributed by atoms with Crippen LogP contribution >= 0.6 is 0 Å². The van der Waals surface area contributed by atoms with E-state index < -0.39 is 22.1 Å². The zero-order chi connectivity index (χ0) is 33.4. The molecule has 11 nitrogen and oxygen atoms in total. The Kier molecular flexibility index (Phi) is 15.4. The molecule has 252 valence electrons. The number of hydrogen-bond donors (Lipinski definition) is 6. The van der Waals surface area contributed by atoms with Crippen LogP contribution in [-0.2, 0) is 39.2 Å². The Morgan fingerprint density at radius 2 is 1.70 bits per heavy atom. The summed E-state index contributed by atoms with van der Waals surface area (Å²) in [4.78, 5) is 9.27. The topological polar surface area (TPSA) is 175 Å². The molecule has 1 aliphatic carbocycles. The Labute approximate surface area is 271 Å². The Morgan fingerprint density at radius 3 is 2.39 bits per heavy atom. The molecular weight excluding hydrogens is 612 g/mol. The highest BCUT2D eigenvalue weighted by atomic mass is 32.2. The van der Waals surface area contributed by atoms with Crippen molar-refractivity contribution in [3.05, 3.63) is 89.0 Å². The molecule has 3 aromatic rings. The van der Waals surface area contributed by atoms with Crippen LogP contribution in [0.25, 0.3) is 0 Å². The van der Waals surface area contributed by atoms with Gasteiger partial charge >= 0.3 is 0 Å². The van der Waals surface area contributed by atoms with E-state index in [9.17, 15) is 23.7 Å². The molecular formula is C34H46N2O9S. The second kappa shape index (κ2) is 19.2. The van der Waals surface area contributed by atoms with Crippen molar-refractivity contribution >= 4 is 16.0 Å². The number of aromatic hydroxyl groups is 1. The number of hydrogen-bond acceptors (Lipinski definition) is 9. The number of aliphatic hydroxyl groups excluding tert-OH is 2. The number of aliphatic carboxylic acids is 1. The average Bonchev–Trinajstić information content (AvgIpc) is 3.04. The molecule has 1 atom stereocenters. The van der Waals surface area contributed by atoms with Crippen LogP contribution in [0.4, 0.5) is 0 Å². The van der Waals surface area contributed by atoms with E-state index in [-0.39, 0.29) is 23.3 Å². The van der Waals surface area contributed by atoms with Gasteiger partial charge in [-0.25, -0.2) is 13.1 Å². The minimum Gasteiger partial charge on any atom is -0.508 e. The number of nitrogens with one attached hydrogen (secondary N) is 2. The van der Waals surface area contributed by atoms with Crippen molar-refractivity contribution in [2.24, 2.45) is 0 Å². The van der Waals surface area contributed by atoms with Crippen molar-refractivity contribution in [1.29, 1.82) is 0 Å². The summed E-state index contributed by atoms with van der Waals surface area (Å²) in [5, 5.41) is 40.0. The minimum atomic E-state index is -3.54. The maximum atomic E-state index is 12.8. The van der Waals surface area contributed by atoms with Crippen LogP contribution in [-0.4, -0.2) is 67.2 Å². The lowest BCUT2D eigenvalue weighted by Crippen LogP contribution is -2.36. The lowest BCUT2D eigenvalue weighted by atomic mass is 9.96. The summed E-state index contributed by atoms with van der Waals surface area (Å²) in [5.41, 5.74) is 2.95. The van der Waals surface area contributed by atoms with Gasteiger partial charge in [0.05, 0.1) is 30.8 Å². The zero-order valence-corrected chi connectivity index (χ0v) is 27.0. The summed E-state index contributed by atoms with van der Waals surface area (Å²) < 4.78 is 39.9. The molecule has 1 saturated carbocycles. The summed E-state index contributed by atoms with van der Waals surface area (Å²) in [6.07, 6.45) is 5.12. The molecule has 0 aliphatic heterocycles. The number of sulfonamides is 1. The standard InChI is InChI=1S/C32H42N2O7S.C2H4O2/c35-22-27-20-26(11-14-31(27)36)32(37)21-33-16-15-24-9-12-29(13-10-24)41-18-17-40-23-25-5-4-8-30(19-25)42(38,39)34-28-6-2-1-3-7-28;1-2(3)4/h4-5,8-14,19-20,28,32-37H,1-3,6-7,15-18,21-23H2;1H3,(H,3,4)/t32-;/m0./s1. The van der Waals surface area contributed by atoms with Gasteiger partial charge in [0, 0.05) is 25.1 Å². The zero-order valence-electron chi connectivity index (χ0n) is 26.2. The fraction of sp³-hybridized carbons (Fsp3) is 0.441. The molecule has 0 amide bonds. The molecule has 12 heteroatoms. The smallest absolute Gasteiger partial charge is 0.300 e. The van der Waals surface area contributed by atoms with Crippen molar-refractivity contribution in [1.82, 2.24) is 10.0 Å². The fourth-order valence-electron chi connectivity index (χ4n) is 5.00. The van der Waals surface area contributed by atoms with Crippen LogP contribution in [0.15, 0.2) is 71.6 Å². The van der Waals surface area contributed by atoms with Crippen LogP contribution in [0, 0.1) is 0 Å². The number of benzene rings is 3. The molecule has 0 unspecified atom stereocenters. The van der Waals surface area contributed by atoms with E-state index in [4.69, 9.17) is 19.4 Å². The van der Waals surface area contributed by atoms with E-state index >= 15 is 0 Å². The number of carbonyl (C=O) groups is 1. The van der Waals surface area contributed by atoms with E-state index in [1.807, 2.05) is 30.3 Å². The number of phenols is 1. The van der Waals surface area contributed by atoms with Crippen LogP contribution in [0.1, 0.15) is 67.4 Å². The van der Waals surface area contributed by atoms with Gasteiger partial charge in [0.25, 0.3) is 5.97 Å². The van der Waals surface area contributed by atoms with Crippen molar-refractivity contribution < 1.29 is 43.1 Å². The average molecular weight is 659 g/mol. The summed E-state index contributed by atoms with van der Waals surface area (Å²) in [6, 6.07) is 19.4. The predicted molar refractivity (Wildman–Crippen MR) is 174 cm³/mol. The fourth-order valence-corrected chi connectivity index (χ4v) is 6.37. The Bertz CT molecular complexity index is 1460. The SMILES string of the molecule is CC(=O)O.O=S(=O)(NC1CCCCC1)c1cccc(COCCOc2ccc(CCNC[C@H](O)c3ccc(O)c(CO)c3)cc2)c1. The molecule has 6 N–H and O–H groups in total. The van der Waals surface area contributed by atoms with Crippen molar-refractivity contribution in [3.63, 3.8) is 0 Å². The molecule has 0 heterocycles. The van der Waals surface area contributed by atoms with Crippen LogP contribution < -0.4 is 14.8 Å². The molecule has 0 radical (unpaired) electrons. The molecule has 0 aromatic heterocycles. The number of ether oxygens (including phenoxy) is 2. The molecule has 1 fully saturated rings. The van der Waals surface area contributed by atoms with Gasteiger partial charge in [-0.1, -0.05) is 49.6 Å². The highest BCUT2D eigenvalue weighted by Gasteiger charge is 2.22. The van der Waals surface area contributed by atoms with Crippen LogP contribution in [0.2, 0.25) is 0 Å². The van der Waals surface area contributed by atoms with Gasteiger partial charge in [-0.2, -0.15) is 0 Å². The van der Waals surface area contributed by atoms with Gasteiger partial charge in [0.15, 0.2) is 0 Å².